The largest absolute Gasteiger partial charge is 0.461 e. The summed E-state index contributed by atoms with van der Waals surface area (Å²) in [6.07, 6.45) is 2.03. The van der Waals surface area contributed by atoms with E-state index in [0.717, 1.165) is 18.4 Å². The van der Waals surface area contributed by atoms with E-state index in [1.807, 2.05) is 30.3 Å². The van der Waals surface area contributed by atoms with Crippen LogP contribution in [0.3, 0.4) is 0 Å². The Morgan fingerprint density at radius 2 is 2.00 bits per heavy atom. The second kappa shape index (κ2) is 5.97. The van der Waals surface area contributed by atoms with E-state index in [9.17, 15) is 14.7 Å². The first kappa shape index (κ1) is 13.7. The molecule has 1 aliphatic rings. The highest BCUT2D eigenvalue weighted by Gasteiger charge is 2.39. The van der Waals surface area contributed by atoms with Gasteiger partial charge in [0.15, 0.2) is 5.78 Å². The summed E-state index contributed by atoms with van der Waals surface area (Å²) < 4.78 is 5.09. The van der Waals surface area contributed by atoms with Gasteiger partial charge < -0.3 is 9.84 Å². The molecular weight excluding hydrogens is 244 g/mol. The van der Waals surface area contributed by atoms with Crippen molar-refractivity contribution < 1.29 is 19.4 Å². The van der Waals surface area contributed by atoms with Crippen molar-refractivity contribution in [3.63, 3.8) is 0 Å². The molecule has 0 aliphatic heterocycles. The second-order valence-electron chi connectivity index (χ2n) is 4.98. The molecule has 19 heavy (non-hydrogen) atoms. The summed E-state index contributed by atoms with van der Waals surface area (Å²) in [5.41, 5.74) is -0.621. The SMILES string of the molecule is O=C(C[C@@]1(O)CCCCC1=O)OCc1ccccc1. The minimum atomic E-state index is -1.51. The quantitative estimate of drug-likeness (QED) is 0.843. The van der Waals surface area contributed by atoms with Gasteiger partial charge in [-0.15, -0.1) is 0 Å². The molecular formula is C15H18O4. The lowest BCUT2D eigenvalue weighted by Gasteiger charge is -2.29. The Kier molecular flexibility index (Phi) is 4.32. The van der Waals surface area contributed by atoms with Gasteiger partial charge in [-0.25, -0.2) is 0 Å². The van der Waals surface area contributed by atoms with E-state index in [2.05, 4.69) is 0 Å². The van der Waals surface area contributed by atoms with E-state index in [4.69, 9.17) is 4.74 Å². The van der Waals surface area contributed by atoms with E-state index in [-0.39, 0.29) is 18.8 Å². The third kappa shape index (κ3) is 3.64. The van der Waals surface area contributed by atoms with Gasteiger partial charge in [-0.3, -0.25) is 9.59 Å². The number of aliphatic hydroxyl groups is 1. The van der Waals surface area contributed by atoms with Gasteiger partial charge in [0.2, 0.25) is 0 Å². The van der Waals surface area contributed by atoms with Crippen LogP contribution in [0.4, 0.5) is 0 Å². The summed E-state index contributed by atoms with van der Waals surface area (Å²) in [5.74, 6) is -0.767. The number of carbonyl (C=O) groups excluding carboxylic acids is 2. The minimum absolute atomic E-state index is 0.171. The molecule has 1 aromatic rings. The van der Waals surface area contributed by atoms with E-state index < -0.39 is 11.6 Å². The molecule has 0 spiro atoms. The number of hydrogen-bond donors (Lipinski definition) is 1. The van der Waals surface area contributed by atoms with Crippen LogP contribution in [-0.4, -0.2) is 22.5 Å². The van der Waals surface area contributed by atoms with Gasteiger partial charge >= 0.3 is 5.97 Å². The molecule has 0 bridgehead atoms. The van der Waals surface area contributed by atoms with Crippen molar-refractivity contribution in [3.8, 4) is 0 Å². The Morgan fingerprint density at radius 3 is 2.68 bits per heavy atom. The first-order chi connectivity index (χ1) is 9.10. The number of rotatable bonds is 4. The van der Waals surface area contributed by atoms with Crippen LogP contribution in [0.5, 0.6) is 0 Å². The van der Waals surface area contributed by atoms with E-state index >= 15 is 0 Å². The Balaban J connectivity index is 1.85. The number of ketones is 1. The fraction of sp³-hybridized carbons (Fsp3) is 0.467. The minimum Gasteiger partial charge on any atom is -0.461 e. The molecule has 1 aromatic carbocycles. The molecule has 1 N–H and O–H groups in total. The standard InChI is InChI=1S/C15H18O4/c16-13-8-4-5-9-15(13,18)10-14(17)19-11-12-6-2-1-3-7-12/h1-3,6-7,18H,4-5,8-11H2/t15-/m0/s1. The lowest BCUT2D eigenvalue weighted by atomic mass is 9.81. The normalized spacial score (nSPS) is 23.1. The van der Waals surface area contributed by atoms with Crippen LogP contribution < -0.4 is 0 Å². The number of benzene rings is 1. The van der Waals surface area contributed by atoms with Crippen LogP contribution in [-0.2, 0) is 20.9 Å². The predicted molar refractivity (Wildman–Crippen MR) is 69.3 cm³/mol. The Labute approximate surface area is 112 Å². The molecule has 0 amide bonds. The zero-order valence-electron chi connectivity index (χ0n) is 10.8. The lowest BCUT2D eigenvalue weighted by molar-refractivity contribution is -0.158. The second-order valence-corrected chi connectivity index (χ2v) is 4.98. The van der Waals surface area contributed by atoms with Gasteiger partial charge in [0.05, 0.1) is 6.42 Å². The topological polar surface area (TPSA) is 63.6 Å². The Bertz CT molecular complexity index is 454. The van der Waals surface area contributed by atoms with Crippen LogP contribution in [0.25, 0.3) is 0 Å². The first-order valence-corrected chi connectivity index (χ1v) is 6.55. The summed E-state index contributed by atoms with van der Waals surface area (Å²) >= 11 is 0. The fourth-order valence-corrected chi connectivity index (χ4v) is 2.29. The van der Waals surface area contributed by atoms with Crippen molar-refractivity contribution in [2.45, 2.75) is 44.3 Å². The third-order valence-corrected chi connectivity index (χ3v) is 3.44. The predicted octanol–water partition coefficient (Wildman–Crippen LogP) is 1.99. The molecule has 1 atom stereocenters. The van der Waals surface area contributed by atoms with Crippen molar-refractivity contribution >= 4 is 11.8 Å². The highest BCUT2D eigenvalue weighted by molar-refractivity contribution is 5.91. The van der Waals surface area contributed by atoms with Crippen molar-refractivity contribution in [1.82, 2.24) is 0 Å². The monoisotopic (exact) mass is 262 g/mol. The molecule has 1 aliphatic carbocycles. The molecule has 1 fully saturated rings. The van der Waals surface area contributed by atoms with Gasteiger partial charge in [0.25, 0.3) is 0 Å². The summed E-state index contributed by atoms with van der Waals surface area (Å²) in [6, 6.07) is 9.32. The fourth-order valence-electron chi connectivity index (χ4n) is 2.29. The van der Waals surface area contributed by atoms with E-state index in [0.29, 0.717) is 12.8 Å². The molecule has 0 aromatic heterocycles. The summed E-state index contributed by atoms with van der Waals surface area (Å²) in [7, 11) is 0. The molecule has 2 rings (SSSR count). The van der Waals surface area contributed by atoms with Crippen molar-refractivity contribution in [2.24, 2.45) is 0 Å². The van der Waals surface area contributed by atoms with Crippen LogP contribution >= 0.6 is 0 Å². The smallest absolute Gasteiger partial charge is 0.309 e. The van der Waals surface area contributed by atoms with Gasteiger partial charge in [-0.1, -0.05) is 30.3 Å². The van der Waals surface area contributed by atoms with Gasteiger partial charge in [-0.05, 0) is 24.8 Å². The molecule has 0 saturated heterocycles. The average molecular weight is 262 g/mol. The molecule has 0 heterocycles. The van der Waals surface area contributed by atoms with Crippen LogP contribution in [0.15, 0.2) is 30.3 Å². The number of hydrogen-bond acceptors (Lipinski definition) is 4. The molecule has 1 saturated carbocycles. The van der Waals surface area contributed by atoms with Gasteiger partial charge in [-0.2, -0.15) is 0 Å². The highest BCUT2D eigenvalue weighted by Crippen LogP contribution is 2.28. The number of Topliss-reactive ketones (excluding diaryl/α,β-unsaturated/α-hetero) is 1. The Hall–Kier alpha value is -1.68. The third-order valence-electron chi connectivity index (χ3n) is 3.44. The molecule has 102 valence electrons. The van der Waals surface area contributed by atoms with Crippen molar-refractivity contribution in [1.29, 1.82) is 0 Å². The van der Waals surface area contributed by atoms with Crippen molar-refractivity contribution in [3.05, 3.63) is 35.9 Å². The zero-order chi connectivity index (χ0) is 13.7. The first-order valence-electron chi connectivity index (χ1n) is 6.55. The van der Waals surface area contributed by atoms with E-state index in [1.165, 1.54) is 0 Å². The lowest BCUT2D eigenvalue weighted by Crippen LogP contribution is -2.43. The number of ether oxygens (including phenoxy) is 1. The van der Waals surface area contributed by atoms with E-state index in [1.54, 1.807) is 0 Å². The average Bonchev–Trinajstić information content (AvgIpc) is 2.41. The summed E-state index contributed by atoms with van der Waals surface area (Å²) in [4.78, 5) is 23.4. The van der Waals surface area contributed by atoms with Crippen LogP contribution in [0.2, 0.25) is 0 Å². The molecule has 4 nitrogen and oxygen atoms in total. The van der Waals surface area contributed by atoms with Gasteiger partial charge in [0.1, 0.15) is 12.2 Å². The number of carbonyl (C=O) groups is 2. The molecule has 0 radical (unpaired) electrons. The Morgan fingerprint density at radius 1 is 1.26 bits per heavy atom. The van der Waals surface area contributed by atoms with Crippen molar-refractivity contribution in [2.75, 3.05) is 0 Å². The van der Waals surface area contributed by atoms with Crippen LogP contribution in [0.1, 0.15) is 37.7 Å². The molecule has 0 unspecified atom stereocenters. The maximum atomic E-state index is 11.7. The molecule has 4 heteroatoms. The number of esters is 1. The maximum Gasteiger partial charge on any atom is 0.309 e. The van der Waals surface area contributed by atoms with Gasteiger partial charge in [0, 0.05) is 6.42 Å². The summed E-state index contributed by atoms with van der Waals surface area (Å²) in [5, 5.41) is 10.2. The maximum absolute atomic E-state index is 11.7. The zero-order valence-corrected chi connectivity index (χ0v) is 10.8. The van der Waals surface area contributed by atoms with Crippen LogP contribution in [0, 0.1) is 0 Å². The summed E-state index contributed by atoms with van der Waals surface area (Å²) in [6.45, 7) is 0.171. The highest BCUT2D eigenvalue weighted by atomic mass is 16.5.